The third kappa shape index (κ3) is 1.97. The Bertz CT molecular complexity index is 572. The van der Waals surface area contributed by atoms with Gasteiger partial charge in [0.1, 0.15) is 24.2 Å². The van der Waals surface area contributed by atoms with Crippen LogP contribution in [0.4, 0.5) is 0 Å². The first-order valence-corrected chi connectivity index (χ1v) is 5.40. The molecule has 1 aliphatic rings. The molecule has 2 aromatic rings. The molecule has 5 nitrogen and oxygen atoms in total. The molecule has 5 heteroatoms. The molecule has 0 aliphatic carbocycles. The van der Waals surface area contributed by atoms with Crippen molar-refractivity contribution in [1.29, 1.82) is 0 Å². The number of amides is 1. The molecule has 1 aromatic heterocycles. The monoisotopic (exact) mass is 232 g/mol. The number of ether oxygens (including phenoxy) is 2. The fourth-order valence-electron chi connectivity index (χ4n) is 1.73. The van der Waals surface area contributed by atoms with Gasteiger partial charge in [0, 0.05) is 10.9 Å². The summed E-state index contributed by atoms with van der Waals surface area (Å²) in [4.78, 5) is 14.0. The molecule has 1 fully saturated rings. The van der Waals surface area contributed by atoms with E-state index in [0.29, 0.717) is 12.3 Å². The lowest BCUT2D eigenvalue weighted by molar-refractivity contribution is 0.0996. The van der Waals surface area contributed by atoms with E-state index in [1.165, 1.54) is 0 Å². The summed E-state index contributed by atoms with van der Waals surface area (Å²) in [6.45, 7) is 1.30. The molecule has 0 spiro atoms. The Morgan fingerprint density at radius 1 is 1.59 bits per heavy atom. The van der Waals surface area contributed by atoms with Crippen LogP contribution in [-0.4, -0.2) is 30.2 Å². The van der Waals surface area contributed by atoms with Crippen LogP contribution in [0.25, 0.3) is 10.9 Å². The Balaban J connectivity index is 1.95. The minimum absolute atomic E-state index is 0.208. The fraction of sp³-hybridized carbons (Fsp3) is 0.250. The molecule has 1 amide bonds. The molecule has 1 aromatic carbocycles. The predicted octanol–water partition coefficient (Wildman–Crippen LogP) is 1.04. The third-order valence-corrected chi connectivity index (χ3v) is 2.72. The van der Waals surface area contributed by atoms with Gasteiger partial charge in [-0.3, -0.25) is 4.79 Å². The number of fused-ring (bicyclic) bond motifs is 1. The number of epoxide rings is 1. The van der Waals surface area contributed by atoms with E-state index >= 15 is 0 Å². The molecule has 3 rings (SSSR count). The van der Waals surface area contributed by atoms with Crippen molar-refractivity contribution in [3.8, 4) is 5.75 Å². The second-order valence-electron chi connectivity index (χ2n) is 4.03. The lowest BCUT2D eigenvalue weighted by atomic mass is 10.2. The lowest BCUT2D eigenvalue weighted by Crippen LogP contribution is -2.10. The Labute approximate surface area is 97.5 Å². The number of carbonyl (C=O) groups is 1. The van der Waals surface area contributed by atoms with Crippen molar-refractivity contribution in [2.45, 2.75) is 6.10 Å². The van der Waals surface area contributed by atoms with E-state index in [1.54, 1.807) is 6.07 Å². The summed E-state index contributed by atoms with van der Waals surface area (Å²) in [5.41, 5.74) is 6.46. The highest BCUT2D eigenvalue weighted by atomic mass is 16.6. The lowest BCUT2D eigenvalue weighted by Gasteiger charge is -2.04. The number of primary amides is 1. The Morgan fingerprint density at radius 3 is 3.12 bits per heavy atom. The first-order valence-electron chi connectivity index (χ1n) is 5.40. The number of nitrogens with two attached hydrogens (primary N) is 1. The zero-order valence-corrected chi connectivity index (χ0v) is 9.10. The fourth-order valence-corrected chi connectivity index (χ4v) is 1.73. The number of rotatable bonds is 4. The Morgan fingerprint density at radius 2 is 2.41 bits per heavy atom. The Hall–Kier alpha value is -2.01. The van der Waals surface area contributed by atoms with Crippen LogP contribution < -0.4 is 10.5 Å². The molecule has 1 saturated heterocycles. The van der Waals surface area contributed by atoms with Crippen molar-refractivity contribution in [3.05, 3.63) is 30.0 Å². The van der Waals surface area contributed by atoms with Gasteiger partial charge in [-0.15, -0.1) is 0 Å². The van der Waals surface area contributed by atoms with Crippen molar-refractivity contribution >= 4 is 16.8 Å². The highest BCUT2D eigenvalue weighted by Gasteiger charge is 2.23. The molecule has 3 N–H and O–H groups in total. The van der Waals surface area contributed by atoms with E-state index in [4.69, 9.17) is 15.2 Å². The second-order valence-corrected chi connectivity index (χ2v) is 4.03. The topological polar surface area (TPSA) is 80.6 Å². The summed E-state index contributed by atoms with van der Waals surface area (Å²) in [6.07, 6.45) is 0.208. The average molecular weight is 232 g/mol. The number of benzene rings is 1. The maximum Gasteiger partial charge on any atom is 0.265 e. The van der Waals surface area contributed by atoms with Crippen LogP contribution in [0, 0.1) is 0 Å². The molecule has 0 radical (unpaired) electrons. The van der Waals surface area contributed by atoms with Crippen LogP contribution in [-0.2, 0) is 4.74 Å². The van der Waals surface area contributed by atoms with Gasteiger partial charge < -0.3 is 20.2 Å². The van der Waals surface area contributed by atoms with Crippen molar-refractivity contribution in [1.82, 2.24) is 4.98 Å². The number of aromatic amines is 1. The number of carbonyl (C=O) groups excluding carboxylic acids is 1. The predicted molar refractivity (Wildman–Crippen MR) is 62.1 cm³/mol. The van der Waals surface area contributed by atoms with E-state index in [2.05, 4.69) is 4.98 Å². The summed E-state index contributed by atoms with van der Waals surface area (Å²) >= 11 is 0. The van der Waals surface area contributed by atoms with Gasteiger partial charge in [0.05, 0.1) is 6.61 Å². The molecule has 0 saturated carbocycles. The number of nitrogens with one attached hydrogen (secondary N) is 1. The largest absolute Gasteiger partial charge is 0.490 e. The molecule has 0 bridgehead atoms. The zero-order chi connectivity index (χ0) is 11.8. The van der Waals surface area contributed by atoms with Gasteiger partial charge in [0.15, 0.2) is 0 Å². The van der Waals surface area contributed by atoms with Gasteiger partial charge in [-0.25, -0.2) is 0 Å². The molecule has 2 heterocycles. The van der Waals surface area contributed by atoms with Crippen LogP contribution in [0.2, 0.25) is 0 Å². The Kier molecular flexibility index (Phi) is 2.26. The third-order valence-electron chi connectivity index (χ3n) is 2.72. The summed E-state index contributed by atoms with van der Waals surface area (Å²) in [5, 5.41) is 0.863. The van der Waals surface area contributed by atoms with Gasteiger partial charge in [0.2, 0.25) is 0 Å². The molecular weight excluding hydrogens is 220 g/mol. The van der Waals surface area contributed by atoms with Crippen LogP contribution in [0.1, 0.15) is 10.5 Å². The first kappa shape index (κ1) is 10.2. The van der Waals surface area contributed by atoms with Crippen molar-refractivity contribution < 1.29 is 14.3 Å². The summed E-state index contributed by atoms with van der Waals surface area (Å²) < 4.78 is 10.7. The minimum atomic E-state index is -0.474. The van der Waals surface area contributed by atoms with E-state index in [0.717, 1.165) is 23.3 Å². The second kappa shape index (κ2) is 3.78. The summed E-state index contributed by atoms with van der Waals surface area (Å²) in [7, 11) is 0. The number of hydrogen-bond donors (Lipinski definition) is 2. The van der Waals surface area contributed by atoms with Crippen LogP contribution in [0.15, 0.2) is 24.3 Å². The van der Waals surface area contributed by atoms with Crippen LogP contribution in [0.5, 0.6) is 5.75 Å². The maximum absolute atomic E-state index is 11.1. The molecule has 1 aliphatic heterocycles. The van der Waals surface area contributed by atoms with Crippen molar-refractivity contribution in [3.63, 3.8) is 0 Å². The van der Waals surface area contributed by atoms with Crippen molar-refractivity contribution in [2.24, 2.45) is 5.73 Å². The molecule has 17 heavy (non-hydrogen) atoms. The van der Waals surface area contributed by atoms with Crippen LogP contribution >= 0.6 is 0 Å². The number of H-pyrrole nitrogens is 1. The molecule has 0 unspecified atom stereocenters. The molecular formula is C12H12N2O3. The average Bonchev–Trinajstić information content (AvgIpc) is 3.02. The SMILES string of the molecule is NC(=O)c1cc2c(OC[C@@H]3CO3)cccc2[nH]1. The normalized spacial score (nSPS) is 18.2. The standard InChI is InChI=1S/C12H12N2O3/c13-12(15)10-4-8-9(14-10)2-1-3-11(8)17-6-7-5-16-7/h1-4,7,14H,5-6H2,(H2,13,15)/t7-/m0/s1. The van der Waals surface area contributed by atoms with Crippen molar-refractivity contribution in [2.75, 3.05) is 13.2 Å². The molecule has 88 valence electrons. The van der Waals surface area contributed by atoms with Gasteiger partial charge in [0.25, 0.3) is 5.91 Å². The molecule has 1 atom stereocenters. The quantitative estimate of drug-likeness (QED) is 0.773. The van der Waals surface area contributed by atoms with Gasteiger partial charge >= 0.3 is 0 Å². The minimum Gasteiger partial charge on any atom is -0.490 e. The number of aromatic nitrogens is 1. The smallest absolute Gasteiger partial charge is 0.265 e. The zero-order valence-electron chi connectivity index (χ0n) is 9.10. The van der Waals surface area contributed by atoms with E-state index in [-0.39, 0.29) is 6.10 Å². The first-order chi connectivity index (χ1) is 8.24. The van der Waals surface area contributed by atoms with Crippen LogP contribution in [0.3, 0.4) is 0 Å². The van der Waals surface area contributed by atoms with E-state index in [9.17, 15) is 4.79 Å². The van der Waals surface area contributed by atoms with E-state index < -0.39 is 5.91 Å². The van der Waals surface area contributed by atoms with Gasteiger partial charge in [-0.05, 0) is 18.2 Å². The van der Waals surface area contributed by atoms with E-state index in [1.807, 2.05) is 18.2 Å². The van der Waals surface area contributed by atoms with Gasteiger partial charge in [-0.2, -0.15) is 0 Å². The number of hydrogen-bond acceptors (Lipinski definition) is 3. The highest BCUT2D eigenvalue weighted by molar-refractivity contribution is 5.98. The summed E-state index contributed by atoms with van der Waals surface area (Å²) in [6, 6.07) is 7.32. The summed E-state index contributed by atoms with van der Waals surface area (Å²) in [5.74, 6) is 0.263. The highest BCUT2D eigenvalue weighted by Crippen LogP contribution is 2.27. The maximum atomic E-state index is 11.1. The van der Waals surface area contributed by atoms with Gasteiger partial charge in [-0.1, -0.05) is 6.07 Å².